The van der Waals surface area contributed by atoms with Crippen molar-refractivity contribution >= 4 is 21.6 Å². The molecule has 0 amide bonds. The normalized spacial score (nSPS) is 13.1. The maximum absolute atomic E-state index is 9.51. The molecule has 0 aliphatic rings. The molecule has 3 nitrogen and oxygen atoms in total. The van der Waals surface area contributed by atoms with Gasteiger partial charge in [0.05, 0.1) is 12.7 Å². The van der Waals surface area contributed by atoms with Crippen LogP contribution in [0.5, 0.6) is 0 Å². The molecule has 1 aromatic rings. The lowest BCUT2D eigenvalue weighted by Crippen LogP contribution is -2.24. The van der Waals surface area contributed by atoms with Gasteiger partial charge in [-0.1, -0.05) is 43.6 Å². The van der Waals surface area contributed by atoms with Gasteiger partial charge >= 0.3 is 0 Å². The molecular formula is C15H24BrNO2. The number of halogens is 1. The number of aliphatic hydroxyl groups excluding tert-OH is 2. The van der Waals surface area contributed by atoms with Crippen LogP contribution in [0.3, 0.4) is 0 Å². The van der Waals surface area contributed by atoms with Crippen LogP contribution in [0.4, 0.5) is 5.69 Å². The Kier molecular flexibility index (Phi) is 6.30. The molecule has 0 aliphatic carbocycles. The average molecular weight is 330 g/mol. The number of benzene rings is 1. The number of hydrogen-bond donors (Lipinski definition) is 3. The van der Waals surface area contributed by atoms with Crippen molar-refractivity contribution in [3.63, 3.8) is 0 Å². The van der Waals surface area contributed by atoms with E-state index in [0.717, 1.165) is 10.2 Å². The zero-order valence-corrected chi connectivity index (χ0v) is 13.7. The molecule has 1 aromatic carbocycles. The van der Waals surface area contributed by atoms with E-state index in [4.69, 9.17) is 5.11 Å². The number of anilines is 1. The molecule has 4 heteroatoms. The summed E-state index contributed by atoms with van der Waals surface area (Å²) in [6, 6.07) is 4.23. The number of rotatable bonds is 6. The van der Waals surface area contributed by atoms with Crippen LogP contribution in [0.25, 0.3) is 0 Å². The molecule has 0 fully saturated rings. The predicted octanol–water partition coefficient (Wildman–Crippen LogP) is 3.46. The highest BCUT2D eigenvalue weighted by Gasteiger charge is 2.16. The van der Waals surface area contributed by atoms with Crippen molar-refractivity contribution in [2.75, 3.05) is 18.5 Å². The fourth-order valence-corrected chi connectivity index (χ4v) is 2.54. The first kappa shape index (κ1) is 16.5. The second kappa shape index (κ2) is 7.27. The van der Waals surface area contributed by atoms with Gasteiger partial charge < -0.3 is 15.5 Å². The molecule has 1 unspecified atom stereocenters. The summed E-state index contributed by atoms with van der Waals surface area (Å²) < 4.78 is 1.08. The van der Waals surface area contributed by atoms with Crippen molar-refractivity contribution in [2.24, 2.45) is 0 Å². The van der Waals surface area contributed by atoms with Crippen molar-refractivity contribution in [3.8, 4) is 0 Å². The maximum atomic E-state index is 9.51. The molecule has 0 bridgehead atoms. The van der Waals surface area contributed by atoms with Crippen LogP contribution >= 0.6 is 15.9 Å². The molecule has 0 radical (unpaired) electrons. The smallest absolute Gasteiger partial charge is 0.0942 e. The summed E-state index contributed by atoms with van der Waals surface area (Å²) in [7, 11) is 0. The molecule has 3 N–H and O–H groups in total. The SMILES string of the molecule is CC(C)c1cc(Br)cc(C(C)C)c1NCC(O)CO. The minimum atomic E-state index is -0.733. The summed E-state index contributed by atoms with van der Waals surface area (Å²) in [6.07, 6.45) is -0.733. The van der Waals surface area contributed by atoms with Crippen LogP contribution < -0.4 is 5.32 Å². The highest BCUT2D eigenvalue weighted by atomic mass is 79.9. The van der Waals surface area contributed by atoms with Gasteiger partial charge in [0, 0.05) is 16.7 Å². The highest BCUT2D eigenvalue weighted by molar-refractivity contribution is 9.10. The van der Waals surface area contributed by atoms with Gasteiger partial charge in [-0.15, -0.1) is 0 Å². The van der Waals surface area contributed by atoms with E-state index in [1.165, 1.54) is 11.1 Å². The van der Waals surface area contributed by atoms with Gasteiger partial charge in [-0.25, -0.2) is 0 Å². The summed E-state index contributed by atoms with van der Waals surface area (Å²) in [4.78, 5) is 0. The Hall–Kier alpha value is -0.580. The van der Waals surface area contributed by atoms with Gasteiger partial charge in [0.2, 0.25) is 0 Å². The highest BCUT2D eigenvalue weighted by Crippen LogP contribution is 2.35. The zero-order chi connectivity index (χ0) is 14.6. The van der Waals surface area contributed by atoms with Crippen LogP contribution in [-0.2, 0) is 0 Å². The molecule has 0 saturated carbocycles. The Morgan fingerprint density at radius 2 is 1.58 bits per heavy atom. The Morgan fingerprint density at radius 1 is 1.11 bits per heavy atom. The van der Waals surface area contributed by atoms with Crippen LogP contribution in [0.2, 0.25) is 0 Å². The lowest BCUT2D eigenvalue weighted by molar-refractivity contribution is 0.105. The molecule has 0 spiro atoms. The molecule has 108 valence electrons. The van der Waals surface area contributed by atoms with Crippen molar-refractivity contribution < 1.29 is 10.2 Å². The average Bonchev–Trinajstić information content (AvgIpc) is 2.35. The van der Waals surface area contributed by atoms with Crippen molar-refractivity contribution in [1.82, 2.24) is 0 Å². The van der Waals surface area contributed by atoms with Crippen molar-refractivity contribution in [3.05, 3.63) is 27.7 Å². The topological polar surface area (TPSA) is 52.5 Å². The van der Waals surface area contributed by atoms with Gasteiger partial charge in [-0.2, -0.15) is 0 Å². The third-order valence-corrected chi connectivity index (χ3v) is 3.59. The van der Waals surface area contributed by atoms with Gasteiger partial charge in [0.15, 0.2) is 0 Å². The summed E-state index contributed by atoms with van der Waals surface area (Å²) in [6.45, 7) is 8.74. The summed E-state index contributed by atoms with van der Waals surface area (Å²) in [5.74, 6) is 0.785. The first-order chi connectivity index (χ1) is 8.86. The van der Waals surface area contributed by atoms with Gasteiger partial charge in [0.1, 0.15) is 0 Å². The summed E-state index contributed by atoms with van der Waals surface area (Å²) >= 11 is 3.56. The molecule has 0 saturated heterocycles. The minimum absolute atomic E-state index is 0.225. The number of nitrogens with one attached hydrogen (secondary N) is 1. The van der Waals surface area contributed by atoms with E-state index in [1.807, 2.05) is 0 Å². The molecule has 1 rings (SSSR count). The molecule has 0 aliphatic heterocycles. The summed E-state index contributed by atoms with van der Waals surface area (Å²) in [5, 5.41) is 21.7. The second-order valence-corrected chi connectivity index (χ2v) is 6.40. The summed E-state index contributed by atoms with van der Waals surface area (Å²) in [5.41, 5.74) is 3.53. The van der Waals surface area contributed by atoms with E-state index in [9.17, 15) is 5.11 Å². The Bertz CT molecular complexity index is 390. The quantitative estimate of drug-likeness (QED) is 0.749. The second-order valence-electron chi connectivity index (χ2n) is 5.49. The van der Waals surface area contributed by atoms with E-state index in [2.05, 4.69) is 61.1 Å². The first-order valence-electron chi connectivity index (χ1n) is 6.72. The Balaban J connectivity index is 3.15. The minimum Gasteiger partial charge on any atom is -0.394 e. The van der Waals surface area contributed by atoms with Gasteiger partial charge in [0.25, 0.3) is 0 Å². The fourth-order valence-electron chi connectivity index (χ4n) is 2.05. The monoisotopic (exact) mass is 329 g/mol. The third-order valence-electron chi connectivity index (χ3n) is 3.13. The zero-order valence-electron chi connectivity index (χ0n) is 12.1. The standard InChI is InChI=1S/C15H24BrNO2/c1-9(2)13-5-11(16)6-14(10(3)4)15(13)17-7-12(19)8-18/h5-6,9-10,12,17-19H,7-8H2,1-4H3. The van der Waals surface area contributed by atoms with Crippen LogP contribution in [0.1, 0.15) is 50.7 Å². The predicted molar refractivity (Wildman–Crippen MR) is 83.9 cm³/mol. The Labute approximate surface area is 124 Å². The van der Waals surface area contributed by atoms with Gasteiger partial charge in [-0.05, 0) is 35.1 Å². The van der Waals surface area contributed by atoms with Crippen molar-refractivity contribution in [1.29, 1.82) is 0 Å². The number of hydrogen-bond acceptors (Lipinski definition) is 3. The molecule has 0 heterocycles. The lowest BCUT2D eigenvalue weighted by Gasteiger charge is -2.22. The van der Waals surface area contributed by atoms with E-state index in [1.54, 1.807) is 0 Å². The number of aliphatic hydroxyl groups is 2. The maximum Gasteiger partial charge on any atom is 0.0942 e. The molecule has 19 heavy (non-hydrogen) atoms. The molecule has 1 atom stereocenters. The van der Waals surface area contributed by atoms with Crippen LogP contribution in [0.15, 0.2) is 16.6 Å². The van der Waals surface area contributed by atoms with E-state index >= 15 is 0 Å². The Morgan fingerprint density at radius 3 is 1.95 bits per heavy atom. The van der Waals surface area contributed by atoms with Crippen molar-refractivity contribution in [2.45, 2.75) is 45.6 Å². The molecular weight excluding hydrogens is 306 g/mol. The van der Waals surface area contributed by atoms with Crippen LogP contribution in [0, 0.1) is 0 Å². The van der Waals surface area contributed by atoms with E-state index in [0.29, 0.717) is 18.4 Å². The van der Waals surface area contributed by atoms with E-state index in [-0.39, 0.29) is 6.61 Å². The fraction of sp³-hybridized carbons (Fsp3) is 0.600. The lowest BCUT2D eigenvalue weighted by atomic mass is 9.92. The molecule has 0 aromatic heterocycles. The first-order valence-corrected chi connectivity index (χ1v) is 7.52. The van der Waals surface area contributed by atoms with Crippen LogP contribution in [-0.4, -0.2) is 29.5 Å². The van der Waals surface area contributed by atoms with Gasteiger partial charge in [-0.3, -0.25) is 0 Å². The third kappa shape index (κ3) is 4.48. The van der Waals surface area contributed by atoms with E-state index < -0.39 is 6.10 Å². The largest absolute Gasteiger partial charge is 0.394 e.